The number of carbonyl (C=O) groups excluding carboxylic acids is 1. The Balaban J connectivity index is 2.04. The van der Waals surface area contributed by atoms with Gasteiger partial charge in [0.05, 0.1) is 5.69 Å². The first-order valence-electron chi connectivity index (χ1n) is 7.99. The number of hydrogen-bond acceptors (Lipinski definition) is 1. The summed E-state index contributed by atoms with van der Waals surface area (Å²) in [6, 6.07) is 19.8. The minimum atomic E-state index is 0.105. The quantitative estimate of drug-likeness (QED) is 0.459. The summed E-state index contributed by atoms with van der Waals surface area (Å²) in [5.74, 6) is 0.105. The fourth-order valence-electron chi connectivity index (χ4n) is 2.90. The second-order valence-electron chi connectivity index (χ2n) is 5.64. The van der Waals surface area contributed by atoms with Gasteiger partial charge in [0.2, 0.25) is 5.78 Å². The SMILES string of the molecule is CCCCCn1c(C(=O)c2ccccc2)cc2ccccc21. The highest BCUT2D eigenvalue weighted by atomic mass is 16.1. The monoisotopic (exact) mass is 291 g/mol. The molecule has 0 atom stereocenters. The van der Waals surface area contributed by atoms with Crippen LogP contribution in [0.4, 0.5) is 0 Å². The van der Waals surface area contributed by atoms with E-state index >= 15 is 0 Å². The van der Waals surface area contributed by atoms with Crippen molar-refractivity contribution in [1.29, 1.82) is 0 Å². The number of rotatable bonds is 6. The van der Waals surface area contributed by atoms with Crippen LogP contribution >= 0.6 is 0 Å². The minimum Gasteiger partial charge on any atom is -0.338 e. The van der Waals surface area contributed by atoms with Crippen molar-refractivity contribution < 1.29 is 4.79 Å². The molecule has 2 heteroatoms. The molecule has 0 fully saturated rings. The molecule has 1 heterocycles. The molecule has 3 rings (SSSR count). The number of unbranched alkanes of at least 4 members (excludes halogenated alkanes) is 2. The molecule has 0 aliphatic heterocycles. The zero-order valence-corrected chi connectivity index (χ0v) is 13.0. The topological polar surface area (TPSA) is 22.0 Å². The summed E-state index contributed by atoms with van der Waals surface area (Å²) in [6.07, 6.45) is 3.47. The molecule has 2 aromatic carbocycles. The number of benzene rings is 2. The van der Waals surface area contributed by atoms with Crippen molar-refractivity contribution in [2.45, 2.75) is 32.7 Å². The zero-order valence-electron chi connectivity index (χ0n) is 13.0. The molecule has 0 saturated carbocycles. The van der Waals surface area contributed by atoms with Crippen LogP contribution in [-0.4, -0.2) is 10.4 Å². The van der Waals surface area contributed by atoms with Gasteiger partial charge < -0.3 is 4.57 Å². The first-order chi connectivity index (χ1) is 10.8. The van der Waals surface area contributed by atoms with Crippen LogP contribution in [0.5, 0.6) is 0 Å². The highest BCUT2D eigenvalue weighted by Gasteiger charge is 2.16. The van der Waals surface area contributed by atoms with Crippen LogP contribution in [0.15, 0.2) is 60.7 Å². The van der Waals surface area contributed by atoms with Crippen LogP contribution in [0, 0.1) is 0 Å². The number of fused-ring (bicyclic) bond motifs is 1. The lowest BCUT2D eigenvalue weighted by Crippen LogP contribution is -2.10. The molecule has 0 amide bonds. The van der Waals surface area contributed by atoms with E-state index in [0.29, 0.717) is 0 Å². The van der Waals surface area contributed by atoms with Crippen molar-refractivity contribution in [3.05, 3.63) is 71.9 Å². The third-order valence-corrected chi connectivity index (χ3v) is 4.06. The molecule has 1 aromatic heterocycles. The third kappa shape index (κ3) is 2.82. The molecular weight excluding hydrogens is 270 g/mol. The summed E-state index contributed by atoms with van der Waals surface area (Å²) in [5.41, 5.74) is 2.70. The molecule has 0 saturated heterocycles. The summed E-state index contributed by atoms with van der Waals surface area (Å²) >= 11 is 0. The van der Waals surface area contributed by atoms with Gasteiger partial charge >= 0.3 is 0 Å². The highest BCUT2D eigenvalue weighted by Crippen LogP contribution is 2.23. The second-order valence-corrected chi connectivity index (χ2v) is 5.64. The Morgan fingerprint density at radius 3 is 2.45 bits per heavy atom. The zero-order chi connectivity index (χ0) is 15.4. The van der Waals surface area contributed by atoms with Gasteiger partial charge in [0.25, 0.3) is 0 Å². The van der Waals surface area contributed by atoms with E-state index in [1.165, 1.54) is 12.8 Å². The van der Waals surface area contributed by atoms with Crippen molar-refractivity contribution in [1.82, 2.24) is 4.57 Å². The van der Waals surface area contributed by atoms with Crippen LogP contribution in [-0.2, 0) is 6.54 Å². The van der Waals surface area contributed by atoms with Crippen molar-refractivity contribution in [3.8, 4) is 0 Å². The maximum Gasteiger partial charge on any atom is 0.209 e. The Bertz CT molecular complexity index is 771. The van der Waals surface area contributed by atoms with Gasteiger partial charge in [-0.2, -0.15) is 0 Å². The van der Waals surface area contributed by atoms with Crippen molar-refractivity contribution in [2.24, 2.45) is 0 Å². The van der Waals surface area contributed by atoms with Gasteiger partial charge in [-0.25, -0.2) is 0 Å². The molecule has 3 aromatic rings. The highest BCUT2D eigenvalue weighted by molar-refractivity contribution is 6.10. The molecule has 22 heavy (non-hydrogen) atoms. The van der Waals surface area contributed by atoms with Gasteiger partial charge in [-0.1, -0.05) is 68.3 Å². The van der Waals surface area contributed by atoms with Gasteiger partial charge in [0.1, 0.15) is 0 Å². The lowest BCUT2D eigenvalue weighted by molar-refractivity contribution is 0.103. The Morgan fingerprint density at radius 1 is 0.955 bits per heavy atom. The van der Waals surface area contributed by atoms with Crippen molar-refractivity contribution >= 4 is 16.7 Å². The number of carbonyl (C=O) groups is 1. The third-order valence-electron chi connectivity index (χ3n) is 4.06. The van der Waals surface area contributed by atoms with E-state index in [1.807, 2.05) is 48.5 Å². The first kappa shape index (κ1) is 14.6. The maximum atomic E-state index is 12.8. The van der Waals surface area contributed by atoms with Gasteiger partial charge in [-0.05, 0) is 18.6 Å². The van der Waals surface area contributed by atoms with E-state index in [-0.39, 0.29) is 5.78 Å². The van der Waals surface area contributed by atoms with E-state index in [9.17, 15) is 4.79 Å². The maximum absolute atomic E-state index is 12.8. The molecule has 0 radical (unpaired) electrons. The number of aromatic nitrogens is 1. The van der Waals surface area contributed by atoms with Crippen molar-refractivity contribution in [2.75, 3.05) is 0 Å². The van der Waals surface area contributed by atoms with Gasteiger partial charge in [0, 0.05) is 23.0 Å². The van der Waals surface area contributed by atoms with Gasteiger partial charge in [-0.3, -0.25) is 4.79 Å². The lowest BCUT2D eigenvalue weighted by atomic mass is 10.1. The Labute approximate surface area is 131 Å². The second kappa shape index (κ2) is 6.61. The predicted molar refractivity (Wildman–Crippen MR) is 91.3 cm³/mol. The average Bonchev–Trinajstić information content (AvgIpc) is 2.94. The number of para-hydroxylation sites is 1. The van der Waals surface area contributed by atoms with Crippen LogP contribution in [0.3, 0.4) is 0 Å². The van der Waals surface area contributed by atoms with Crippen LogP contribution < -0.4 is 0 Å². The summed E-state index contributed by atoms with van der Waals surface area (Å²) < 4.78 is 2.18. The summed E-state index contributed by atoms with van der Waals surface area (Å²) in [5, 5.41) is 1.14. The molecule has 0 N–H and O–H groups in total. The van der Waals surface area contributed by atoms with E-state index in [0.717, 1.165) is 35.1 Å². The van der Waals surface area contributed by atoms with E-state index < -0.39 is 0 Å². The number of hydrogen-bond donors (Lipinski definition) is 0. The smallest absolute Gasteiger partial charge is 0.209 e. The Hall–Kier alpha value is -2.35. The Morgan fingerprint density at radius 2 is 1.68 bits per heavy atom. The fourth-order valence-corrected chi connectivity index (χ4v) is 2.90. The van der Waals surface area contributed by atoms with E-state index in [4.69, 9.17) is 0 Å². The molecule has 2 nitrogen and oxygen atoms in total. The molecular formula is C20H21NO. The van der Waals surface area contributed by atoms with Crippen LogP contribution in [0.2, 0.25) is 0 Å². The molecule has 0 bridgehead atoms. The normalized spacial score (nSPS) is 11.0. The fraction of sp³-hybridized carbons (Fsp3) is 0.250. The van der Waals surface area contributed by atoms with E-state index in [1.54, 1.807) is 0 Å². The Kier molecular flexibility index (Phi) is 4.38. The number of aryl methyl sites for hydroxylation is 1. The van der Waals surface area contributed by atoms with Crippen LogP contribution in [0.25, 0.3) is 10.9 Å². The van der Waals surface area contributed by atoms with Gasteiger partial charge in [-0.15, -0.1) is 0 Å². The summed E-state index contributed by atoms with van der Waals surface area (Å²) in [7, 11) is 0. The summed E-state index contributed by atoms with van der Waals surface area (Å²) in [4.78, 5) is 12.8. The lowest BCUT2D eigenvalue weighted by Gasteiger charge is -2.10. The predicted octanol–water partition coefficient (Wildman–Crippen LogP) is 5.06. The molecule has 0 spiro atoms. The van der Waals surface area contributed by atoms with E-state index in [2.05, 4.69) is 23.6 Å². The molecule has 0 aliphatic carbocycles. The number of ketones is 1. The standard InChI is InChI=1S/C20H21NO/c1-2-3-9-14-21-18-13-8-7-12-17(18)15-19(21)20(22)16-10-5-4-6-11-16/h4-8,10-13,15H,2-3,9,14H2,1H3. The molecule has 0 unspecified atom stereocenters. The minimum absolute atomic E-state index is 0.105. The molecule has 0 aliphatic rings. The first-order valence-corrected chi connectivity index (χ1v) is 7.99. The molecule has 112 valence electrons. The van der Waals surface area contributed by atoms with Crippen LogP contribution in [0.1, 0.15) is 42.2 Å². The largest absolute Gasteiger partial charge is 0.338 e. The van der Waals surface area contributed by atoms with Gasteiger partial charge in [0.15, 0.2) is 0 Å². The average molecular weight is 291 g/mol. The number of nitrogens with zero attached hydrogens (tertiary/aromatic N) is 1. The summed E-state index contributed by atoms with van der Waals surface area (Å²) in [6.45, 7) is 3.10. The van der Waals surface area contributed by atoms with Crippen molar-refractivity contribution in [3.63, 3.8) is 0 Å².